The summed E-state index contributed by atoms with van der Waals surface area (Å²) in [6, 6.07) is 9.25. The van der Waals surface area contributed by atoms with Crippen LogP contribution in [0, 0.1) is 12.7 Å². The van der Waals surface area contributed by atoms with E-state index in [1.807, 2.05) is 6.92 Å². The van der Waals surface area contributed by atoms with Gasteiger partial charge in [-0.2, -0.15) is 0 Å². The highest BCUT2D eigenvalue weighted by Crippen LogP contribution is 2.24. The van der Waals surface area contributed by atoms with Crippen LogP contribution in [0.4, 0.5) is 4.39 Å². The van der Waals surface area contributed by atoms with Crippen molar-refractivity contribution in [1.29, 1.82) is 0 Å². The number of methoxy groups -OCH3 is 1. The van der Waals surface area contributed by atoms with Crippen LogP contribution in [0.15, 0.2) is 40.9 Å². The molecule has 0 aliphatic rings. The van der Waals surface area contributed by atoms with Crippen LogP contribution in [0.1, 0.15) is 21.5 Å². The molecule has 2 aromatic rings. The summed E-state index contributed by atoms with van der Waals surface area (Å²) < 4.78 is 18.9. The molecule has 98 valence electrons. The molecule has 2 nitrogen and oxygen atoms in total. The molecule has 0 aliphatic carbocycles. The van der Waals surface area contributed by atoms with Crippen LogP contribution < -0.4 is 4.74 Å². The summed E-state index contributed by atoms with van der Waals surface area (Å²) in [5.41, 5.74) is 1.64. The fourth-order valence-corrected chi connectivity index (χ4v) is 2.26. The number of ketones is 1. The second kappa shape index (κ2) is 5.53. The maximum absolute atomic E-state index is 13.2. The van der Waals surface area contributed by atoms with Gasteiger partial charge in [0, 0.05) is 15.6 Å². The largest absolute Gasteiger partial charge is 0.497 e. The van der Waals surface area contributed by atoms with Crippen LogP contribution in [-0.2, 0) is 0 Å². The van der Waals surface area contributed by atoms with Gasteiger partial charge in [0.1, 0.15) is 11.6 Å². The number of hydrogen-bond donors (Lipinski definition) is 0. The third-order valence-corrected chi connectivity index (χ3v) is 3.54. The van der Waals surface area contributed by atoms with E-state index >= 15 is 0 Å². The molecule has 0 spiro atoms. The first-order chi connectivity index (χ1) is 9.02. The molecule has 0 heterocycles. The highest BCUT2D eigenvalue weighted by atomic mass is 79.9. The average Bonchev–Trinajstić information content (AvgIpc) is 2.40. The molecule has 2 aromatic carbocycles. The van der Waals surface area contributed by atoms with Crippen LogP contribution in [0.25, 0.3) is 0 Å². The molecule has 0 radical (unpaired) electrons. The van der Waals surface area contributed by atoms with Gasteiger partial charge in [0.25, 0.3) is 0 Å². The third kappa shape index (κ3) is 2.84. The summed E-state index contributed by atoms with van der Waals surface area (Å²) in [5, 5.41) is 0. The van der Waals surface area contributed by atoms with E-state index in [2.05, 4.69) is 15.9 Å². The maximum Gasteiger partial charge on any atom is 0.194 e. The van der Waals surface area contributed by atoms with Crippen molar-refractivity contribution in [3.63, 3.8) is 0 Å². The van der Waals surface area contributed by atoms with Crippen molar-refractivity contribution in [1.82, 2.24) is 0 Å². The van der Waals surface area contributed by atoms with E-state index in [0.29, 0.717) is 21.3 Å². The number of rotatable bonds is 3. The predicted octanol–water partition coefficient (Wildman–Crippen LogP) is 4.14. The zero-order valence-corrected chi connectivity index (χ0v) is 12.1. The number of benzene rings is 2. The standard InChI is InChI=1S/C15H12BrFO2/c1-9-7-11(19-2)4-5-12(9)15(18)13-8-10(17)3-6-14(13)16/h3-8H,1-2H3. The maximum atomic E-state index is 13.2. The van der Waals surface area contributed by atoms with E-state index in [4.69, 9.17) is 4.74 Å². The Hall–Kier alpha value is -1.68. The number of carbonyl (C=O) groups excluding carboxylic acids is 1. The van der Waals surface area contributed by atoms with E-state index < -0.39 is 5.82 Å². The number of ether oxygens (including phenoxy) is 1. The summed E-state index contributed by atoms with van der Waals surface area (Å²) in [6.45, 7) is 1.82. The minimum Gasteiger partial charge on any atom is -0.497 e. The summed E-state index contributed by atoms with van der Waals surface area (Å²) in [6.07, 6.45) is 0. The molecular formula is C15H12BrFO2. The number of aryl methyl sites for hydroxylation is 1. The van der Waals surface area contributed by atoms with E-state index in [1.54, 1.807) is 25.3 Å². The third-order valence-electron chi connectivity index (χ3n) is 2.85. The minimum atomic E-state index is -0.433. The Morgan fingerprint density at radius 2 is 1.89 bits per heavy atom. The predicted molar refractivity (Wildman–Crippen MR) is 75.3 cm³/mol. The molecular weight excluding hydrogens is 311 g/mol. The highest BCUT2D eigenvalue weighted by Gasteiger charge is 2.16. The van der Waals surface area contributed by atoms with Crippen LogP contribution in [0.2, 0.25) is 0 Å². The van der Waals surface area contributed by atoms with Crippen LogP contribution in [0.3, 0.4) is 0 Å². The van der Waals surface area contributed by atoms with Gasteiger partial charge < -0.3 is 4.74 Å². The lowest BCUT2D eigenvalue weighted by Gasteiger charge is -2.08. The molecule has 2 rings (SSSR count). The van der Waals surface area contributed by atoms with Crippen molar-refractivity contribution in [2.24, 2.45) is 0 Å². The van der Waals surface area contributed by atoms with Gasteiger partial charge >= 0.3 is 0 Å². The van der Waals surface area contributed by atoms with Crippen LogP contribution in [-0.4, -0.2) is 12.9 Å². The number of halogens is 2. The first-order valence-corrected chi connectivity index (χ1v) is 6.46. The van der Waals surface area contributed by atoms with Gasteiger partial charge in [-0.05, 0) is 48.9 Å². The van der Waals surface area contributed by atoms with Crippen molar-refractivity contribution >= 4 is 21.7 Å². The van der Waals surface area contributed by atoms with Crippen molar-refractivity contribution < 1.29 is 13.9 Å². The monoisotopic (exact) mass is 322 g/mol. The summed E-state index contributed by atoms with van der Waals surface area (Å²) in [7, 11) is 1.57. The second-order valence-corrected chi connectivity index (χ2v) is 4.99. The molecule has 0 bridgehead atoms. The molecule has 4 heteroatoms. The first-order valence-electron chi connectivity index (χ1n) is 5.67. The van der Waals surface area contributed by atoms with Crippen molar-refractivity contribution in [2.45, 2.75) is 6.92 Å². The van der Waals surface area contributed by atoms with Gasteiger partial charge in [0.15, 0.2) is 5.78 Å². The smallest absolute Gasteiger partial charge is 0.194 e. The molecule has 0 aromatic heterocycles. The molecule has 0 atom stereocenters. The normalized spacial score (nSPS) is 10.3. The summed E-state index contributed by atoms with van der Waals surface area (Å²) >= 11 is 3.27. The fraction of sp³-hybridized carbons (Fsp3) is 0.133. The zero-order valence-electron chi connectivity index (χ0n) is 10.5. The Morgan fingerprint density at radius 3 is 2.53 bits per heavy atom. The minimum absolute atomic E-state index is 0.216. The van der Waals surface area contributed by atoms with E-state index in [1.165, 1.54) is 18.2 Å². The van der Waals surface area contributed by atoms with Gasteiger partial charge in [-0.3, -0.25) is 4.79 Å². The van der Waals surface area contributed by atoms with Crippen LogP contribution >= 0.6 is 15.9 Å². The lowest BCUT2D eigenvalue weighted by Crippen LogP contribution is -2.05. The highest BCUT2D eigenvalue weighted by molar-refractivity contribution is 9.10. The molecule has 0 fully saturated rings. The molecule has 0 saturated carbocycles. The average molecular weight is 323 g/mol. The molecule has 0 unspecified atom stereocenters. The van der Waals surface area contributed by atoms with Crippen LogP contribution in [0.5, 0.6) is 5.75 Å². The van der Waals surface area contributed by atoms with E-state index in [9.17, 15) is 9.18 Å². The summed E-state index contributed by atoms with van der Waals surface area (Å²) in [5.74, 6) is 0.0385. The van der Waals surface area contributed by atoms with Gasteiger partial charge in [0.2, 0.25) is 0 Å². The lowest BCUT2D eigenvalue weighted by atomic mass is 9.99. The Morgan fingerprint density at radius 1 is 1.16 bits per heavy atom. The zero-order chi connectivity index (χ0) is 14.0. The molecule has 0 amide bonds. The van der Waals surface area contributed by atoms with Crippen molar-refractivity contribution in [2.75, 3.05) is 7.11 Å². The second-order valence-electron chi connectivity index (χ2n) is 4.13. The Bertz CT molecular complexity index is 638. The van der Waals surface area contributed by atoms with Gasteiger partial charge in [-0.1, -0.05) is 15.9 Å². The quantitative estimate of drug-likeness (QED) is 0.794. The van der Waals surface area contributed by atoms with E-state index in [0.717, 1.165) is 5.56 Å². The molecule has 0 saturated heterocycles. The number of hydrogen-bond acceptors (Lipinski definition) is 2. The van der Waals surface area contributed by atoms with Gasteiger partial charge in [0.05, 0.1) is 7.11 Å². The van der Waals surface area contributed by atoms with Crippen molar-refractivity contribution in [3.8, 4) is 5.75 Å². The molecule has 0 N–H and O–H groups in total. The molecule has 0 aliphatic heterocycles. The van der Waals surface area contributed by atoms with Crippen molar-refractivity contribution in [3.05, 3.63) is 63.4 Å². The summed E-state index contributed by atoms with van der Waals surface area (Å²) in [4.78, 5) is 12.4. The Labute approximate surface area is 119 Å². The Balaban J connectivity index is 2.47. The lowest BCUT2D eigenvalue weighted by molar-refractivity contribution is 0.103. The van der Waals surface area contributed by atoms with Gasteiger partial charge in [-0.25, -0.2) is 4.39 Å². The van der Waals surface area contributed by atoms with E-state index in [-0.39, 0.29) is 5.78 Å². The number of carbonyl (C=O) groups is 1. The topological polar surface area (TPSA) is 26.3 Å². The fourth-order valence-electron chi connectivity index (χ4n) is 1.83. The van der Waals surface area contributed by atoms with Gasteiger partial charge in [-0.15, -0.1) is 0 Å². The molecule has 19 heavy (non-hydrogen) atoms. The SMILES string of the molecule is COc1ccc(C(=O)c2cc(F)ccc2Br)c(C)c1. The Kier molecular flexibility index (Phi) is 4.00. The first kappa shape index (κ1) is 13.7.